The molecule has 2 heterocycles. The number of hydrogen-bond donors (Lipinski definition) is 2. The average Bonchev–Trinajstić information content (AvgIpc) is 2.27. The molecule has 2 rings (SSSR count). The number of hydrogen-bond acceptors (Lipinski definition) is 4. The lowest BCUT2D eigenvalue weighted by Crippen LogP contribution is -2.35. The van der Waals surface area contributed by atoms with Gasteiger partial charge in [-0.15, -0.1) is 5.12 Å². The van der Waals surface area contributed by atoms with E-state index in [9.17, 15) is 0 Å². The summed E-state index contributed by atoms with van der Waals surface area (Å²) < 4.78 is 0. The third kappa shape index (κ3) is 0.769. The van der Waals surface area contributed by atoms with Crippen LogP contribution in [0.1, 0.15) is 6.42 Å². The summed E-state index contributed by atoms with van der Waals surface area (Å²) in [6.45, 7) is 0.904. The SMILES string of the molecule is CN1NC2=C(CCN=C2)N1. The van der Waals surface area contributed by atoms with Crippen molar-refractivity contribution >= 4 is 6.21 Å². The fourth-order valence-electron chi connectivity index (χ4n) is 1.17. The minimum absolute atomic E-state index is 0.904. The van der Waals surface area contributed by atoms with Crippen molar-refractivity contribution < 1.29 is 0 Å². The fraction of sp³-hybridized carbons (Fsp3) is 0.500. The van der Waals surface area contributed by atoms with E-state index in [0.717, 1.165) is 18.7 Å². The Morgan fingerprint density at radius 2 is 2.50 bits per heavy atom. The summed E-state index contributed by atoms with van der Waals surface area (Å²) in [5.74, 6) is 0. The first kappa shape index (κ1) is 5.73. The number of dihydropyridines is 1. The Balaban J connectivity index is 2.21. The lowest BCUT2D eigenvalue weighted by atomic mass is 10.2. The van der Waals surface area contributed by atoms with Gasteiger partial charge >= 0.3 is 0 Å². The van der Waals surface area contributed by atoms with Crippen molar-refractivity contribution in [1.29, 1.82) is 0 Å². The second-order valence-corrected chi connectivity index (χ2v) is 2.46. The molecule has 2 aliphatic rings. The maximum atomic E-state index is 4.14. The van der Waals surface area contributed by atoms with Crippen LogP contribution >= 0.6 is 0 Å². The smallest absolute Gasteiger partial charge is 0.0890 e. The molecule has 10 heavy (non-hydrogen) atoms. The fourth-order valence-corrected chi connectivity index (χ4v) is 1.17. The normalized spacial score (nSPS) is 24.1. The molecule has 2 N–H and O–H groups in total. The van der Waals surface area contributed by atoms with E-state index in [1.807, 2.05) is 18.4 Å². The summed E-state index contributed by atoms with van der Waals surface area (Å²) in [5, 5.41) is 1.84. The molecule has 0 aromatic rings. The van der Waals surface area contributed by atoms with Gasteiger partial charge in [-0.25, -0.2) is 0 Å². The monoisotopic (exact) mass is 138 g/mol. The number of nitrogens with zero attached hydrogens (tertiary/aromatic N) is 2. The van der Waals surface area contributed by atoms with Crippen LogP contribution in [0.25, 0.3) is 0 Å². The Kier molecular flexibility index (Phi) is 1.14. The zero-order chi connectivity index (χ0) is 6.97. The summed E-state index contributed by atoms with van der Waals surface area (Å²) in [5.41, 5.74) is 8.63. The van der Waals surface area contributed by atoms with Crippen LogP contribution in [0, 0.1) is 0 Å². The summed E-state index contributed by atoms with van der Waals surface area (Å²) in [6, 6.07) is 0. The Morgan fingerprint density at radius 1 is 1.60 bits per heavy atom. The van der Waals surface area contributed by atoms with Crippen LogP contribution in [-0.2, 0) is 0 Å². The number of aliphatic imine (C=N–C) groups is 1. The van der Waals surface area contributed by atoms with Gasteiger partial charge in [-0.3, -0.25) is 10.4 Å². The Labute approximate surface area is 59.6 Å². The number of rotatable bonds is 0. The van der Waals surface area contributed by atoms with Gasteiger partial charge in [0.1, 0.15) is 0 Å². The summed E-state index contributed by atoms with van der Waals surface area (Å²) >= 11 is 0. The number of hydrazine groups is 2. The highest BCUT2D eigenvalue weighted by Gasteiger charge is 2.17. The van der Waals surface area contributed by atoms with E-state index < -0.39 is 0 Å². The van der Waals surface area contributed by atoms with Crippen molar-refractivity contribution in [2.24, 2.45) is 4.99 Å². The van der Waals surface area contributed by atoms with Crippen molar-refractivity contribution in [2.45, 2.75) is 6.42 Å². The lowest BCUT2D eigenvalue weighted by molar-refractivity contribution is 0.237. The zero-order valence-corrected chi connectivity index (χ0v) is 5.89. The Bertz CT molecular complexity index is 206. The first-order valence-electron chi connectivity index (χ1n) is 3.36. The highest BCUT2D eigenvalue weighted by molar-refractivity contribution is 5.80. The number of nitrogens with one attached hydrogen (secondary N) is 2. The van der Waals surface area contributed by atoms with Crippen LogP contribution < -0.4 is 10.9 Å². The van der Waals surface area contributed by atoms with Gasteiger partial charge in [0.25, 0.3) is 0 Å². The molecule has 0 aromatic heterocycles. The Morgan fingerprint density at radius 3 is 3.30 bits per heavy atom. The van der Waals surface area contributed by atoms with Gasteiger partial charge in [0.05, 0.1) is 11.4 Å². The number of allylic oxidation sites excluding steroid dienone is 1. The molecule has 0 spiro atoms. The van der Waals surface area contributed by atoms with E-state index in [1.54, 1.807) is 0 Å². The van der Waals surface area contributed by atoms with Crippen molar-refractivity contribution in [2.75, 3.05) is 13.6 Å². The minimum atomic E-state index is 0.904. The molecule has 2 aliphatic heterocycles. The van der Waals surface area contributed by atoms with Gasteiger partial charge in [0.2, 0.25) is 0 Å². The van der Waals surface area contributed by atoms with Crippen molar-refractivity contribution in [3.8, 4) is 0 Å². The van der Waals surface area contributed by atoms with Crippen LogP contribution in [0.3, 0.4) is 0 Å². The molecule has 0 bridgehead atoms. The second-order valence-electron chi connectivity index (χ2n) is 2.46. The van der Waals surface area contributed by atoms with Gasteiger partial charge in [-0.1, -0.05) is 0 Å². The summed E-state index contributed by atoms with van der Waals surface area (Å²) in [7, 11) is 1.94. The molecular formula is C6H10N4. The molecular weight excluding hydrogens is 128 g/mol. The molecule has 4 nitrogen and oxygen atoms in total. The highest BCUT2D eigenvalue weighted by atomic mass is 15.7. The van der Waals surface area contributed by atoms with E-state index >= 15 is 0 Å². The highest BCUT2D eigenvalue weighted by Crippen LogP contribution is 2.11. The molecule has 0 amide bonds. The lowest BCUT2D eigenvalue weighted by Gasteiger charge is -2.09. The summed E-state index contributed by atoms with van der Waals surface area (Å²) in [6.07, 6.45) is 2.89. The first-order chi connectivity index (χ1) is 4.86. The average molecular weight is 138 g/mol. The largest absolute Gasteiger partial charge is 0.304 e. The third-order valence-corrected chi connectivity index (χ3v) is 1.63. The molecule has 0 atom stereocenters. The van der Waals surface area contributed by atoms with Crippen molar-refractivity contribution in [3.63, 3.8) is 0 Å². The van der Waals surface area contributed by atoms with Crippen LogP contribution in [0.5, 0.6) is 0 Å². The van der Waals surface area contributed by atoms with Gasteiger partial charge in [0, 0.05) is 26.2 Å². The molecule has 4 heteroatoms. The van der Waals surface area contributed by atoms with E-state index in [4.69, 9.17) is 0 Å². The maximum absolute atomic E-state index is 4.14. The van der Waals surface area contributed by atoms with Crippen molar-refractivity contribution in [1.82, 2.24) is 16.0 Å². The van der Waals surface area contributed by atoms with Gasteiger partial charge in [0.15, 0.2) is 0 Å². The molecule has 0 saturated heterocycles. The van der Waals surface area contributed by atoms with Gasteiger partial charge < -0.3 is 5.43 Å². The van der Waals surface area contributed by atoms with Crippen LogP contribution in [0.2, 0.25) is 0 Å². The molecule has 0 aliphatic carbocycles. The van der Waals surface area contributed by atoms with Gasteiger partial charge in [-0.05, 0) is 0 Å². The molecule has 0 unspecified atom stereocenters. The van der Waals surface area contributed by atoms with Crippen LogP contribution in [-0.4, -0.2) is 24.9 Å². The Hall–Kier alpha value is -1.03. The standard InChI is InChI=1S/C6H10N4/c1-10-8-5-2-3-7-4-6(5)9-10/h4,8-9H,2-3H2,1H3. The quantitative estimate of drug-likeness (QED) is 0.479. The van der Waals surface area contributed by atoms with Gasteiger partial charge in [-0.2, -0.15) is 0 Å². The van der Waals surface area contributed by atoms with Crippen molar-refractivity contribution in [3.05, 3.63) is 11.4 Å². The maximum Gasteiger partial charge on any atom is 0.0890 e. The zero-order valence-electron chi connectivity index (χ0n) is 5.89. The van der Waals surface area contributed by atoms with E-state index in [-0.39, 0.29) is 0 Å². The topological polar surface area (TPSA) is 39.7 Å². The van der Waals surface area contributed by atoms with Crippen LogP contribution in [0.4, 0.5) is 0 Å². The molecule has 0 saturated carbocycles. The molecule has 0 fully saturated rings. The van der Waals surface area contributed by atoms with E-state index in [1.165, 1.54) is 5.70 Å². The molecule has 54 valence electrons. The predicted molar refractivity (Wildman–Crippen MR) is 39.0 cm³/mol. The summed E-state index contributed by atoms with van der Waals surface area (Å²) in [4.78, 5) is 4.14. The van der Waals surface area contributed by atoms with E-state index in [0.29, 0.717) is 0 Å². The minimum Gasteiger partial charge on any atom is -0.304 e. The van der Waals surface area contributed by atoms with Crippen LogP contribution in [0.15, 0.2) is 16.4 Å². The molecule has 0 radical (unpaired) electrons. The third-order valence-electron chi connectivity index (χ3n) is 1.63. The van der Waals surface area contributed by atoms with E-state index in [2.05, 4.69) is 15.8 Å². The second kappa shape index (κ2) is 1.98. The predicted octanol–water partition coefficient (Wildman–Crippen LogP) is -0.373. The first-order valence-corrected chi connectivity index (χ1v) is 3.36. The molecule has 0 aromatic carbocycles.